The molecule has 3 aromatic rings. The molecule has 0 unspecified atom stereocenters. The molecule has 0 bridgehead atoms. The maximum atomic E-state index is 12.9. The fourth-order valence-electron chi connectivity index (χ4n) is 2.05. The summed E-state index contributed by atoms with van der Waals surface area (Å²) in [6.07, 6.45) is 3.35. The van der Waals surface area contributed by atoms with Gasteiger partial charge in [-0.25, -0.2) is 17.5 Å². The Kier molecular flexibility index (Phi) is 4.51. The van der Waals surface area contributed by atoms with Crippen molar-refractivity contribution in [2.24, 2.45) is 0 Å². The topological polar surface area (TPSA) is 59.1 Å². The van der Waals surface area contributed by atoms with Gasteiger partial charge in [0.1, 0.15) is 5.82 Å². The Morgan fingerprint density at radius 1 is 1.09 bits per heavy atom. The molecular weight excluding hydrogens is 335 g/mol. The van der Waals surface area contributed by atoms with Crippen LogP contribution in [-0.4, -0.2) is 13.4 Å². The molecule has 2 heterocycles. The fraction of sp³-hybridized carbons (Fsp3) is 0.0625. The molecule has 7 heteroatoms. The normalized spacial score (nSPS) is 11.5. The van der Waals surface area contributed by atoms with E-state index in [9.17, 15) is 12.8 Å². The third kappa shape index (κ3) is 3.82. The summed E-state index contributed by atoms with van der Waals surface area (Å²) >= 11 is 1.59. The first kappa shape index (κ1) is 15.8. The van der Waals surface area contributed by atoms with Gasteiger partial charge in [0.15, 0.2) is 0 Å². The van der Waals surface area contributed by atoms with E-state index in [2.05, 4.69) is 9.71 Å². The molecule has 23 heavy (non-hydrogen) atoms. The molecule has 0 saturated carbocycles. The molecule has 0 aliphatic carbocycles. The van der Waals surface area contributed by atoms with E-state index >= 15 is 0 Å². The Balaban J connectivity index is 1.75. The Morgan fingerprint density at radius 2 is 1.87 bits per heavy atom. The van der Waals surface area contributed by atoms with Crippen LogP contribution in [0.4, 0.5) is 4.39 Å². The lowest BCUT2D eigenvalue weighted by molar-refractivity contribution is 0.580. The number of halogens is 1. The number of hydrogen-bond donors (Lipinski definition) is 1. The first-order valence-corrected chi connectivity index (χ1v) is 9.19. The van der Waals surface area contributed by atoms with E-state index in [1.54, 1.807) is 23.7 Å². The van der Waals surface area contributed by atoms with Crippen molar-refractivity contribution in [3.63, 3.8) is 0 Å². The average molecular weight is 348 g/mol. The number of aromatic nitrogens is 1. The van der Waals surface area contributed by atoms with Crippen molar-refractivity contribution in [1.29, 1.82) is 0 Å². The molecular formula is C16H13FN2O2S2. The largest absolute Gasteiger partial charge is 0.264 e. The molecule has 0 amide bonds. The summed E-state index contributed by atoms with van der Waals surface area (Å²) in [7, 11) is -3.68. The second-order valence-corrected chi connectivity index (χ2v) is 7.42. The summed E-state index contributed by atoms with van der Waals surface area (Å²) in [4.78, 5) is 4.17. The molecule has 0 aliphatic rings. The third-order valence-corrected chi connectivity index (χ3v) is 5.34. The molecule has 2 aromatic heterocycles. The van der Waals surface area contributed by atoms with Crippen LogP contribution in [-0.2, 0) is 16.6 Å². The van der Waals surface area contributed by atoms with Crippen LogP contribution in [0, 0.1) is 5.82 Å². The minimum atomic E-state index is -3.68. The lowest BCUT2D eigenvalue weighted by Crippen LogP contribution is -2.23. The summed E-state index contributed by atoms with van der Waals surface area (Å²) in [6, 6.07) is 8.58. The zero-order chi connectivity index (χ0) is 16.3. The zero-order valence-electron chi connectivity index (χ0n) is 11.9. The second-order valence-electron chi connectivity index (χ2n) is 4.87. The van der Waals surface area contributed by atoms with Gasteiger partial charge in [-0.2, -0.15) is 11.3 Å². The van der Waals surface area contributed by atoms with Crippen molar-refractivity contribution >= 4 is 21.4 Å². The Labute approximate surface area is 137 Å². The first-order chi connectivity index (χ1) is 11.0. The zero-order valence-corrected chi connectivity index (χ0v) is 13.6. The van der Waals surface area contributed by atoms with Crippen molar-refractivity contribution < 1.29 is 12.8 Å². The van der Waals surface area contributed by atoms with Crippen LogP contribution in [0.1, 0.15) is 5.56 Å². The molecule has 0 fully saturated rings. The lowest BCUT2D eigenvalue weighted by Gasteiger charge is -2.07. The van der Waals surface area contributed by atoms with E-state index in [-0.39, 0.29) is 11.4 Å². The molecule has 0 saturated heterocycles. The van der Waals surface area contributed by atoms with Gasteiger partial charge < -0.3 is 0 Å². The van der Waals surface area contributed by atoms with Gasteiger partial charge in [0.05, 0.1) is 4.90 Å². The summed E-state index contributed by atoms with van der Waals surface area (Å²) < 4.78 is 39.7. The SMILES string of the molecule is O=S(=O)(NCc1cncc(-c2ccsc2)c1)c1ccc(F)cc1. The Hall–Kier alpha value is -2.09. The van der Waals surface area contributed by atoms with Gasteiger partial charge in [-0.3, -0.25) is 4.98 Å². The minimum Gasteiger partial charge on any atom is -0.264 e. The quantitative estimate of drug-likeness (QED) is 0.768. The van der Waals surface area contributed by atoms with Crippen LogP contribution in [0.5, 0.6) is 0 Å². The predicted molar refractivity (Wildman–Crippen MR) is 88.0 cm³/mol. The van der Waals surface area contributed by atoms with Crippen molar-refractivity contribution in [2.45, 2.75) is 11.4 Å². The Morgan fingerprint density at radius 3 is 2.57 bits per heavy atom. The smallest absolute Gasteiger partial charge is 0.240 e. The second kappa shape index (κ2) is 6.57. The average Bonchev–Trinajstić information content (AvgIpc) is 3.08. The molecule has 1 N–H and O–H groups in total. The van der Waals surface area contributed by atoms with E-state index in [1.165, 1.54) is 12.1 Å². The highest BCUT2D eigenvalue weighted by atomic mass is 32.2. The van der Waals surface area contributed by atoms with Gasteiger partial charge in [0.25, 0.3) is 0 Å². The Bertz CT molecular complexity index is 892. The van der Waals surface area contributed by atoms with Crippen molar-refractivity contribution in [2.75, 3.05) is 0 Å². The monoisotopic (exact) mass is 348 g/mol. The summed E-state index contributed by atoms with van der Waals surface area (Å²) in [5.41, 5.74) is 2.73. The lowest BCUT2D eigenvalue weighted by atomic mass is 10.1. The standard InChI is InChI=1S/C16H13FN2O2S2/c17-15-1-3-16(4-2-15)23(20,21)19-9-12-7-14(10-18-8-12)13-5-6-22-11-13/h1-8,10-11,19H,9H2. The molecule has 0 radical (unpaired) electrons. The van der Waals surface area contributed by atoms with Gasteiger partial charge in [-0.05, 0) is 58.3 Å². The van der Waals surface area contributed by atoms with Gasteiger partial charge in [0.2, 0.25) is 10.0 Å². The summed E-state index contributed by atoms with van der Waals surface area (Å²) in [6.45, 7) is 0.116. The summed E-state index contributed by atoms with van der Waals surface area (Å²) in [5.74, 6) is -0.475. The maximum absolute atomic E-state index is 12.9. The number of nitrogens with one attached hydrogen (secondary N) is 1. The summed E-state index contributed by atoms with van der Waals surface area (Å²) in [5, 5.41) is 3.97. The molecule has 0 spiro atoms. The van der Waals surface area contributed by atoms with Gasteiger partial charge in [0, 0.05) is 24.5 Å². The van der Waals surface area contributed by atoms with E-state index in [0.29, 0.717) is 0 Å². The van der Waals surface area contributed by atoms with Crippen molar-refractivity contribution in [3.05, 3.63) is 70.9 Å². The number of nitrogens with zero attached hydrogens (tertiary/aromatic N) is 1. The highest BCUT2D eigenvalue weighted by Gasteiger charge is 2.13. The van der Waals surface area contributed by atoms with Crippen LogP contribution in [0.15, 0.2) is 64.4 Å². The number of pyridine rings is 1. The molecule has 0 aliphatic heterocycles. The maximum Gasteiger partial charge on any atom is 0.240 e. The number of hydrogen-bond acceptors (Lipinski definition) is 4. The molecule has 0 atom stereocenters. The molecule has 4 nitrogen and oxygen atoms in total. The molecule has 3 rings (SSSR count). The first-order valence-electron chi connectivity index (χ1n) is 6.76. The van der Waals surface area contributed by atoms with Crippen LogP contribution in [0.2, 0.25) is 0 Å². The molecule has 118 valence electrons. The fourth-order valence-corrected chi connectivity index (χ4v) is 3.73. The van der Waals surface area contributed by atoms with Crippen LogP contribution >= 0.6 is 11.3 Å². The highest BCUT2D eigenvalue weighted by molar-refractivity contribution is 7.89. The van der Waals surface area contributed by atoms with E-state index in [1.807, 2.05) is 22.9 Å². The number of rotatable bonds is 5. The molecule has 1 aromatic carbocycles. The van der Waals surface area contributed by atoms with E-state index < -0.39 is 15.8 Å². The van der Waals surface area contributed by atoms with Crippen LogP contribution in [0.25, 0.3) is 11.1 Å². The number of benzene rings is 1. The third-order valence-electron chi connectivity index (χ3n) is 3.24. The van der Waals surface area contributed by atoms with Crippen molar-refractivity contribution in [3.8, 4) is 11.1 Å². The van der Waals surface area contributed by atoms with Gasteiger partial charge in [-0.1, -0.05) is 0 Å². The van der Waals surface area contributed by atoms with Gasteiger partial charge in [-0.15, -0.1) is 0 Å². The highest BCUT2D eigenvalue weighted by Crippen LogP contribution is 2.22. The van der Waals surface area contributed by atoms with Gasteiger partial charge >= 0.3 is 0 Å². The van der Waals surface area contributed by atoms with Crippen molar-refractivity contribution in [1.82, 2.24) is 9.71 Å². The van der Waals surface area contributed by atoms with Crippen LogP contribution < -0.4 is 4.72 Å². The van der Waals surface area contributed by atoms with E-state index in [0.717, 1.165) is 28.8 Å². The van der Waals surface area contributed by atoms with Crippen LogP contribution in [0.3, 0.4) is 0 Å². The minimum absolute atomic E-state index is 0.0286. The number of sulfonamides is 1. The predicted octanol–water partition coefficient (Wildman–Crippen LogP) is 3.43. The number of thiophene rings is 1. The van der Waals surface area contributed by atoms with E-state index in [4.69, 9.17) is 0 Å².